The highest BCUT2D eigenvalue weighted by molar-refractivity contribution is 5.99. The molecule has 4 N–H and O–H groups in total. The van der Waals surface area contributed by atoms with E-state index in [-0.39, 0.29) is 11.4 Å². The SMILES string of the molecule is CC(C)(C)Nc1nc2c(cc1C(=N)N)CCCC2. The third-order valence-electron chi connectivity index (χ3n) is 3.08. The summed E-state index contributed by atoms with van der Waals surface area (Å²) >= 11 is 0. The zero-order chi connectivity index (χ0) is 13.3. The molecule has 0 aliphatic heterocycles. The predicted octanol–water partition coefficient (Wildman–Crippen LogP) is 2.45. The number of nitrogens with zero attached hydrogens (tertiary/aromatic N) is 1. The third-order valence-corrected chi connectivity index (χ3v) is 3.08. The van der Waals surface area contributed by atoms with E-state index in [1.165, 1.54) is 18.4 Å². The zero-order valence-corrected chi connectivity index (χ0v) is 11.4. The average molecular weight is 246 g/mol. The van der Waals surface area contributed by atoms with Crippen LogP contribution in [0.4, 0.5) is 5.82 Å². The average Bonchev–Trinajstić information content (AvgIpc) is 2.25. The molecular weight excluding hydrogens is 224 g/mol. The number of aryl methyl sites for hydroxylation is 2. The van der Waals surface area contributed by atoms with Crippen LogP contribution in [0, 0.1) is 5.41 Å². The molecule has 1 aromatic rings. The Labute approximate surface area is 109 Å². The van der Waals surface area contributed by atoms with Gasteiger partial charge in [0.25, 0.3) is 0 Å². The van der Waals surface area contributed by atoms with E-state index < -0.39 is 0 Å². The number of hydrogen-bond donors (Lipinski definition) is 3. The van der Waals surface area contributed by atoms with E-state index in [9.17, 15) is 0 Å². The highest BCUT2D eigenvalue weighted by atomic mass is 15.1. The molecule has 0 aromatic carbocycles. The molecule has 4 heteroatoms. The molecule has 4 nitrogen and oxygen atoms in total. The van der Waals surface area contributed by atoms with Gasteiger partial charge in [0, 0.05) is 11.2 Å². The van der Waals surface area contributed by atoms with Gasteiger partial charge in [-0.2, -0.15) is 0 Å². The summed E-state index contributed by atoms with van der Waals surface area (Å²) in [6, 6.07) is 2.04. The topological polar surface area (TPSA) is 74.8 Å². The smallest absolute Gasteiger partial charge is 0.137 e. The Morgan fingerprint density at radius 1 is 1.33 bits per heavy atom. The third kappa shape index (κ3) is 2.81. The van der Waals surface area contributed by atoms with Crippen molar-refractivity contribution >= 4 is 11.7 Å². The van der Waals surface area contributed by atoms with Crippen molar-refractivity contribution in [2.24, 2.45) is 5.73 Å². The van der Waals surface area contributed by atoms with E-state index in [4.69, 9.17) is 11.1 Å². The lowest BCUT2D eigenvalue weighted by Crippen LogP contribution is -2.29. The van der Waals surface area contributed by atoms with Crippen LogP contribution in [0.3, 0.4) is 0 Å². The van der Waals surface area contributed by atoms with Crippen molar-refractivity contribution < 1.29 is 0 Å². The van der Waals surface area contributed by atoms with Crippen LogP contribution in [0.5, 0.6) is 0 Å². The van der Waals surface area contributed by atoms with Crippen molar-refractivity contribution in [3.63, 3.8) is 0 Å². The second-order valence-corrected chi connectivity index (χ2v) is 5.99. The number of rotatable bonds is 2. The molecule has 1 aliphatic rings. The number of nitrogens with one attached hydrogen (secondary N) is 2. The van der Waals surface area contributed by atoms with E-state index in [0.717, 1.165) is 29.9 Å². The fourth-order valence-corrected chi connectivity index (χ4v) is 2.29. The van der Waals surface area contributed by atoms with E-state index in [1.54, 1.807) is 0 Å². The summed E-state index contributed by atoms with van der Waals surface area (Å²) in [6.45, 7) is 6.24. The van der Waals surface area contributed by atoms with Crippen molar-refractivity contribution in [2.45, 2.75) is 52.0 Å². The first kappa shape index (κ1) is 12.9. The molecule has 0 unspecified atom stereocenters. The lowest BCUT2D eigenvalue weighted by atomic mass is 9.94. The highest BCUT2D eigenvalue weighted by Gasteiger charge is 2.19. The van der Waals surface area contributed by atoms with Crippen molar-refractivity contribution in [3.8, 4) is 0 Å². The van der Waals surface area contributed by atoms with Crippen LogP contribution in [0.25, 0.3) is 0 Å². The quantitative estimate of drug-likeness (QED) is 0.554. The number of fused-ring (bicyclic) bond motifs is 1. The van der Waals surface area contributed by atoms with Gasteiger partial charge in [0.1, 0.15) is 11.7 Å². The van der Waals surface area contributed by atoms with Gasteiger partial charge in [-0.3, -0.25) is 5.41 Å². The fraction of sp³-hybridized carbons (Fsp3) is 0.571. The Hall–Kier alpha value is -1.58. The summed E-state index contributed by atoms with van der Waals surface area (Å²) in [4.78, 5) is 4.69. The monoisotopic (exact) mass is 246 g/mol. The predicted molar refractivity (Wildman–Crippen MR) is 75.3 cm³/mol. The minimum Gasteiger partial charge on any atom is -0.384 e. The van der Waals surface area contributed by atoms with Crippen LogP contribution < -0.4 is 11.1 Å². The first-order valence-electron chi connectivity index (χ1n) is 6.52. The maximum Gasteiger partial charge on any atom is 0.137 e. The van der Waals surface area contributed by atoms with E-state index in [1.807, 2.05) is 6.07 Å². The molecule has 1 aliphatic carbocycles. The maximum absolute atomic E-state index is 7.70. The molecule has 1 aromatic heterocycles. The van der Waals surface area contributed by atoms with E-state index in [0.29, 0.717) is 0 Å². The summed E-state index contributed by atoms with van der Waals surface area (Å²) in [7, 11) is 0. The van der Waals surface area contributed by atoms with Gasteiger partial charge >= 0.3 is 0 Å². The van der Waals surface area contributed by atoms with Crippen LogP contribution in [-0.2, 0) is 12.8 Å². The largest absolute Gasteiger partial charge is 0.384 e. The summed E-state index contributed by atoms with van der Waals surface area (Å²) in [6.07, 6.45) is 4.50. The lowest BCUT2D eigenvalue weighted by molar-refractivity contribution is 0.624. The Bertz CT molecular complexity index is 471. The van der Waals surface area contributed by atoms with Crippen LogP contribution in [0.15, 0.2) is 6.07 Å². The molecule has 0 radical (unpaired) electrons. The van der Waals surface area contributed by atoms with E-state index in [2.05, 4.69) is 31.1 Å². The number of hydrogen-bond acceptors (Lipinski definition) is 3. The Morgan fingerprint density at radius 3 is 2.61 bits per heavy atom. The fourth-order valence-electron chi connectivity index (χ4n) is 2.29. The van der Waals surface area contributed by atoms with Gasteiger partial charge in [-0.25, -0.2) is 4.98 Å². The number of amidine groups is 1. The van der Waals surface area contributed by atoms with Crippen molar-refractivity contribution in [3.05, 3.63) is 22.9 Å². The van der Waals surface area contributed by atoms with Gasteiger partial charge in [-0.15, -0.1) is 0 Å². The van der Waals surface area contributed by atoms with Crippen molar-refractivity contribution in [1.29, 1.82) is 5.41 Å². The number of nitrogen functional groups attached to an aromatic ring is 1. The molecule has 0 amide bonds. The van der Waals surface area contributed by atoms with Crippen molar-refractivity contribution in [1.82, 2.24) is 4.98 Å². The molecule has 0 spiro atoms. The molecule has 18 heavy (non-hydrogen) atoms. The van der Waals surface area contributed by atoms with Gasteiger partial charge < -0.3 is 11.1 Å². The molecule has 1 heterocycles. The minimum atomic E-state index is -0.0832. The number of nitrogens with two attached hydrogens (primary N) is 1. The number of anilines is 1. The van der Waals surface area contributed by atoms with Gasteiger partial charge in [-0.1, -0.05) is 0 Å². The summed E-state index contributed by atoms with van der Waals surface area (Å²) in [5, 5.41) is 11.0. The summed E-state index contributed by atoms with van der Waals surface area (Å²) < 4.78 is 0. The molecule has 2 rings (SSSR count). The first-order valence-corrected chi connectivity index (χ1v) is 6.52. The van der Waals surface area contributed by atoms with Gasteiger partial charge in [0.15, 0.2) is 0 Å². The molecule has 98 valence electrons. The highest BCUT2D eigenvalue weighted by Crippen LogP contribution is 2.26. The number of aromatic nitrogens is 1. The van der Waals surface area contributed by atoms with Gasteiger partial charge in [0.2, 0.25) is 0 Å². The summed E-state index contributed by atoms with van der Waals surface area (Å²) in [5.41, 5.74) is 8.73. The van der Waals surface area contributed by atoms with Crippen molar-refractivity contribution in [2.75, 3.05) is 5.32 Å². The van der Waals surface area contributed by atoms with Crippen LogP contribution in [0.1, 0.15) is 50.4 Å². The molecule has 0 saturated carbocycles. The molecule has 0 atom stereocenters. The minimum absolute atomic E-state index is 0.0832. The Kier molecular flexibility index (Phi) is 3.28. The van der Waals surface area contributed by atoms with Crippen LogP contribution in [0.2, 0.25) is 0 Å². The van der Waals surface area contributed by atoms with Crippen LogP contribution in [-0.4, -0.2) is 16.4 Å². The molecule has 0 saturated heterocycles. The molecule has 0 bridgehead atoms. The lowest BCUT2D eigenvalue weighted by Gasteiger charge is -2.25. The van der Waals surface area contributed by atoms with E-state index >= 15 is 0 Å². The maximum atomic E-state index is 7.70. The molecule has 0 fully saturated rings. The number of pyridine rings is 1. The van der Waals surface area contributed by atoms with Crippen LogP contribution >= 0.6 is 0 Å². The summed E-state index contributed by atoms with van der Waals surface area (Å²) in [5.74, 6) is 0.832. The first-order chi connectivity index (χ1) is 8.37. The zero-order valence-electron chi connectivity index (χ0n) is 11.4. The Balaban J connectivity index is 2.45. The van der Waals surface area contributed by atoms with Gasteiger partial charge in [-0.05, 0) is 58.1 Å². The second kappa shape index (κ2) is 4.59. The molecular formula is C14H22N4. The standard InChI is InChI=1S/C14H22N4/c1-14(2,3)18-13-10(12(15)16)8-9-6-4-5-7-11(9)17-13/h8H,4-7H2,1-3H3,(H3,15,16)(H,17,18). The normalized spacial score (nSPS) is 15.1. The Morgan fingerprint density at radius 2 is 2.00 bits per heavy atom. The second-order valence-electron chi connectivity index (χ2n) is 5.99. The van der Waals surface area contributed by atoms with Gasteiger partial charge in [0.05, 0.1) is 5.56 Å².